The molecule has 9 rings (SSSR count). The van der Waals surface area contributed by atoms with Gasteiger partial charge in [-0.25, -0.2) is 4.39 Å². The number of anilines is 4. The predicted molar refractivity (Wildman–Crippen MR) is 244 cm³/mol. The molecule has 1 unspecified atom stereocenters. The van der Waals surface area contributed by atoms with E-state index in [1.807, 2.05) is 18.2 Å². The van der Waals surface area contributed by atoms with Crippen molar-refractivity contribution in [2.75, 3.05) is 73.4 Å². The normalized spacial score (nSPS) is 18.0. The van der Waals surface area contributed by atoms with Crippen LogP contribution in [0.3, 0.4) is 0 Å². The number of amides is 6. The van der Waals surface area contributed by atoms with Crippen molar-refractivity contribution in [1.82, 2.24) is 20.1 Å². The zero-order valence-electron chi connectivity index (χ0n) is 36.4. The fraction of sp³-hybridized carbons (Fsp3) is 0.327. The van der Waals surface area contributed by atoms with E-state index < -0.39 is 53.7 Å². The van der Waals surface area contributed by atoms with Gasteiger partial charge in [-0.1, -0.05) is 6.07 Å². The Morgan fingerprint density at radius 2 is 1.45 bits per heavy atom. The first kappa shape index (κ1) is 43.8. The van der Waals surface area contributed by atoms with E-state index >= 15 is 0 Å². The Labute approximate surface area is 380 Å². The molecule has 4 aromatic carbocycles. The lowest BCUT2D eigenvalue weighted by Crippen LogP contribution is -2.54. The molecule has 66 heavy (non-hydrogen) atoms. The third-order valence-electron chi connectivity index (χ3n) is 12.8. The molecule has 17 heteroatoms. The number of methoxy groups -OCH3 is 1. The highest BCUT2D eigenvalue weighted by Crippen LogP contribution is 2.40. The van der Waals surface area contributed by atoms with E-state index in [1.165, 1.54) is 24.3 Å². The number of halogens is 1. The SMILES string of the molecule is COc1cc2c(Oc3ccc(NC(=O)CC(=O)Nc4ccc(F)cc4)cc3)ccnc2cc1N1CCC(CCN2CCN(c3cccc4c3C(=O)N(C3CCC(=O)NC3=O)C4=O)CC2)CC1. The number of hydrogen-bond donors (Lipinski definition) is 3. The lowest BCUT2D eigenvalue weighted by molar-refractivity contribution is -0.136. The highest BCUT2D eigenvalue weighted by atomic mass is 19.1. The molecular weight excluding hydrogens is 848 g/mol. The second-order valence-corrected chi connectivity index (χ2v) is 17.0. The van der Waals surface area contributed by atoms with Crippen molar-refractivity contribution >= 4 is 69.1 Å². The highest BCUT2D eigenvalue weighted by molar-refractivity contribution is 6.25. The van der Waals surface area contributed by atoms with Crippen molar-refractivity contribution in [2.24, 2.45) is 5.92 Å². The molecule has 3 N–H and O–H groups in total. The van der Waals surface area contributed by atoms with Gasteiger partial charge in [0.05, 0.1) is 35.1 Å². The summed E-state index contributed by atoms with van der Waals surface area (Å²) in [6, 6.07) is 22.2. The number of fused-ring (bicyclic) bond motifs is 2. The number of piperazine rings is 1. The molecule has 6 amide bonds. The van der Waals surface area contributed by atoms with Gasteiger partial charge in [0.25, 0.3) is 11.8 Å². The minimum absolute atomic E-state index is 0.0783. The zero-order chi connectivity index (χ0) is 45.9. The number of carbonyl (C=O) groups excluding carboxylic acids is 6. The molecule has 0 bridgehead atoms. The summed E-state index contributed by atoms with van der Waals surface area (Å²) in [5.41, 5.74) is 3.96. The molecule has 0 radical (unpaired) electrons. The van der Waals surface area contributed by atoms with Gasteiger partial charge in [0.15, 0.2) is 0 Å². The summed E-state index contributed by atoms with van der Waals surface area (Å²) in [4.78, 5) is 88.8. The van der Waals surface area contributed by atoms with Gasteiger partial charge in [0.1, 0.15) is 35.5 Å². The van der Waals surface area contributed by atoms with E-state index in [4.69, 9.17) is 9.47 Å². The number of piperidine rings is 2. The summed E-state index contributed by atoms with van der Waals surface area (Å²) in [5, 5.41) is 8.32. The Balaban J connectivity index is 0.752. The minimum Gasteiger partial charge on any atom is -0.495 e. The maximum absolute atomic E-state index is 13.7. The molecule has 4 aliphatic heterocycles. The van der Waals surface area contributed by atoms with Gasteiger partial charge < -0.3 is 29.9 Å². The van der Waals surface area contributed by atoms with Crippen molar-refractivity contribution in [3.05, 3.63) is 108 Å². The monoisotopic (exact) mass is 896 g/mol. The van der Waals surface area contributed by atoms with Crippen LogP contribution >= 0.6 is 0 Å². The molecule has 0 aliphatic carbocycles. The van der Waals surface area contributed by atoms with Gasteiger partial charge in [0, 0.05) is 68.6 Å². The third-order valence-corrected chi connectivity index (χ3v) is 12.8. The molecule has 0 spiro atoms. The summed E-state index contributed by atoms with van der Waals surface area (Å²) in [7, 11) is 1.66. The van der Waals surface area contributed by atoms with Crippen LogP contribution in [0.1, 0.15) is 59.2 Å². The van der Waals surface area contributed by atoms with E-state index in [-0.39, 0.29) is 12.8 Å². The number of aromatic nitrogens is 1. The van der Waals surface area contributed by atoms with E-state index in [0.717, 1.165) is 79.2 Å². The second kappa shape index (κ2) is 19.0. The topological polar surface area (TPSA) is 183 Å². The molecule has 5 heterocycles. The van der Waals surface area contributed by atoms with Crippen LogP contribution in [0.5, 0.6) is 17.2 Å². The van der Waals surface area contributed by atoms with Gasteiger partial charge in [0.2, 0.25) is 23.6 Å². The maximum atomic E-state index is 13.7. The van der Waals surface area contributed by atoms with Gasteiger partial charge in [-0.2, -0.15) is 0 Å². The summed E-state index contributed by atoms with van der Waals surface area (Å²) >= 11 is 0. The van der Waals surface area contributed by atoms with Crippen LogP contribution in [-0.2, 0) is 19.2 Å². The summed E-state index contributed by atoms with van der Waals surface area (Å²) < 4.78 is 25.4. The molecular formula is C49H49FN8O8. The number of rotatable bonds is 13. The number of imide groups is 2. The number of hydrogen-bond acceptors (Lipinski definition) is 12. The molecule has 1 aromatic heterocycles. The van der Waals surface area contributed by atoms with Gasteiger partial charge in [-0.3, -0.25) is 48.9 Å². The number of nitrogens with one attached hydrogen (secondary N) is 3. The Morgan fingerprint density at radius 3 is 2.14 bits per heavy atom. The van der Waals surface area contributed by atoms with Crippen LogP contribution in [0, 0.1) is 11.7 Å². The standard InChI is InChI=1S/C49H49FN8O8/c1-65-42-27-36-37(51-19-15-41(36)66-34-11-9-33(10-12-34)53-45(61)29-44(60)52-32-7-5-31(50)6-8-32)28-40(42)56-21-17-30(18-22-56)16-20-55-23-25-57(26-24-55)38-4-2-3-35-46(38)49(64)58(48(35)63)39-13-14-43(59)54-47(39)62/h2-12,15,19,27-28,30,39H,13-14,16-18,20-26,29H2,1H3,(H,52,60)(H,53,61)(H,54,59,62). The summed E-state index contributed by atoms with van der Waals surface area (Å²) in [5.74, 6) is -1.03. The van der Waals surface area contributed by atoms with Gasteiger partial charge in [-0.05, 0) is 117 Å². The summed E-state index contributed by atoms with van der Waals surface area (Å²) in [6.07, 6.45) is 4.64. The van der Waals surface area contributed by atoms with Crippen molar-refractivity contribution < 1.29 is 42.6 Å². The number of nitrogens with zero attached hydrogens (tertiary/aromatic N) is 5. The van der Waals surface area contributed by atoms with Crippen LogP contribution in [0.15, 0.2) is 91.1 Å². The van der Waals surface area contributed by atoms with Crippen LogP contribution in [-0.4, -0.2) is 109 Å². The molecule has 1 atom stereocenters. The molecule has 5 aromatic rings. The van der Waals surface area contributed by atoms with E-state index in [1.54, 1.807) is 55.8 Å². The first-order valence-electron chi connectivity index (χ1n) is 22.2. The summed E-state index contributed by atoms with van der Waals surface area (Å²) in [6.45, 7) is 5.76. The lowest BCUT2D eigenvalue weighted by Gasteiger charge is -2.38. The molecule has 3 fully saturated rings. The number of pyridine rings is 1. The highest BCUT2D eigenvalue weighted by Gasteiger charge is 2.46. The van der Waals surface area contributed by atoms with Crippen LogP contribution in [0.4, 0.5) is 27.1 Å². The third kappa shape index (κ3) is 9.38. The molecule has 4 aliphatic rings. The smallest absolute Gasteiger partial charge is 0.264 e. The van der Waals surface area contributed by atoms with Crippen LogP contribution < -0.4 is 35.2 Å². The van der Waals surface area contributed by atoms with Crippen molar-refractivity contribution in [2.45, 2.75) is 44.6 Å². The average molecular weight is 897 g/mol. The van der Waals surface area contributed by atoms with E-state index in [0.29, 0.717) is 58.7 Å². The Kier molecular flexibility index (Phi) is 12.6. The quantitative estimate of drug-likeness (QED) is 0.0932. The zero-order valence-corrected chi connectivity index (χ0v) is 36.4. The molecule has 16 nitrogen and oxygen atoms in total. The van der Waals surface area contributed by atoms with E-state index in [9.17, 15) is 33.2 Å². The largest absolute Gasteiger partial charge is 0.495 e. The number of benzene rings is 4. The van der Waals surface area contributed by atoms with Gasteiger partial charge in [-0.15, -0.1) is 0 Å². The number of carbonyl (C=O) groups is 6. The van der Waals surface area contributed by atoms with Crippen molar-refractivity contribution in [3.8, 4) is 17.2 Å². The maximum Gasteiger partial charge on any atom is 0.264 e. The Morgan fingerprint density at radius 1 is 0.773 bits per heavy atom. The molecule has 340 valence electrons. The Bertz CT molecular complexity index is 2700. The predicted octanol–water partition coefficient (Wildman–Crippen LogP) is 5.97. The van der Waals surface area contributed by atoms with Crippen molar-refractivity contribution in [1.29, 1.82) is 0 Å². The fourth-order valence-electron chi connectivity index (χ4n) is 9.26. The first-order valence-corrected chi connectivity index (χ1v) is 22.2. The van der Waals surface area contributed by atoms with Crippen LogP contribution in [0.25, 0.3) is 10.9 Å². The first-order chi connectivity index (χ1) is 32.0. The van der Waals surface area contributed by atoms with Crippen molar-refractivity contribution in [3.63, 3.8) is 0 Å². The van der Waals surface area contributed by atoms with E-state index in [2.05, 4.69) is 35.6 Å². The number of ether oxygens (including phenoxy) is 2. The molecule has 3 saturated heterocycles. The average Bonchev–Trinajstić information content (AvgIpc) is 3.58. The molecule has 0 saturated carbocycles. The lowest BCUT2D eigenvalue weighted by atomic mass is 9.92. The Hall–Kier alpha value is -7.40. The van der Waals surface area contributed by atoms with Crippen LogP contribution in [0.2, 0.25) is 0 Å². The minimum atomic E-state index is -0.996. The second-order valence-electron chi connectivity index (χ2n) is 17.0. The fourth-order valence-corrected chi connectivity index (χ4v) is 9.26. The van der Waals surface area contributed by atoms with Gasteiger partial charge >= 0.3 is 0 Å².